The molecular formula is C10H11BrN5O5PS. The lowest BCUT2D eigenvalue weighted by atomic mass is 10.1. The second-order valence-electron chi connectivity index (χ2n) is 5.07. The summed E-state index contributed by atoms with van der Waals surface area (Å²) in [6, 6.07) is 0. The Morgan fingerprint density at radius 3 is 3.09 bits per heavy atom. The minimum atomic E-state index is -3.49. The lowest BCUT2D eigenvalue weighted by molar-refractivity contribution is -0.0569. The van der Waals surface area contributed by atoms with Gasteiger partial charge in [0.1, 0.15) is 24.6 Å². The topological polar surface area (TPSA) is 135 Å². The molecule has 2 aromatic heterocycles. The monoisotopic (exact) mass is 423 g/mol. The average Bonchev–Trinajstić information content (AvgIpc) is 2.97. The molecule has 5 atom stereocenters. The SMILES string of the molecule is Nc1ncnc2c1nc(Br)n2C1OC2CO[P@@](=O)(S)O[C@H]2[C@@H]1O. The maximum absolute atomic E-state index is 11.8. The van der Waals surface area contributed by atoms with E-state index in [0.29, 0.717) is 15.9 Å². The lowest BCUT2D eigenvalue weighted by Gasteiger charge is -2.28. The number of nitrogen functional groups attached to an aromatic ring is 1. The van der Waals surface area contributed by atoms with E-state index in [1.165, 1.54) is 10.9 Å². The Morgan fingerprint density at radius 2 is 2.30 bits per heavy atom. The van der Waals surface area contributed by atoms with Gasteiger partial charge in [-0.15, -0.1) is 0 Å². The van der Waals surface area contributed by atoms with E-state index in [4.69, 9.17) is 19.5 Å². The smallest absolute Gasteiger partial charge is 0.386 e. The third-order valence-corrected chi connectivity index (χ3v) is 5.86. The highest BCUT2D eigenvalue weighted by molar-refractivity contribution is 9.10. The Labute approximate surface area is 143 Å². The molecule has 0 amide bonds. The standard InChI is InChI=1S/C10H11BrN5O5PS/c11-10-15-4-7(12)13-2-14-8(4)16(10)9-5(17)6-3(20-9)1-19-22(18,23)21-6/h2-3,5-6,9,17H,1H2,(H,18,23)(H2,12,13,14)/t3?,5-,6+,9?,22+/m0/s1. The van der Waals surface area contributed by atoms with Crippen LogP contribution in [-0.2, 0) is 18.3 Å². The normalized spacial score (nSPS) is 37.2. The van der Waals surface area contributed by atoms with Crippen LogP contribution in [0.1, 0.15) is 6.23 Å². The van der Waals surface area contributed by atoms with Crippen molar-refractivity contribution in [3.8, 4) is 0 Å². The summed E-state index contributed by atoms with van der Waals surface area (Å²) in [5.74, 6) is 0.207. The zero-order chi connectivity index (χ0) is 16.4. The van der Waals surface area contributed by atoms with Gasteiger partial charge in [0.15, 0.2) is 27.9 Å². The lowest BCUT2D eigenvalue weighted by Crippen LogP contribution is -2.38. The van der Waals surface area contributed by atoms with Gasteiger partial charge in [-0.3, -0.25) is 13.6 Å². The molecule has 2 aliphatic rings. The van der Waals surface area contributed by atoms with E-state index in [0.717, 1.165) is 0 Å². The molecule has 23 heavy (non-hydrogen) atoms. The van der Waals surface area contributed by atoms with Crippen molar-refractivity contribution in [2.75, 3.05) is 12.3 Å². The van der Waals surface area contributed by atoms with E-state index in [2.05, 4.69) is 43.1 Å². The maximum Gasteiger partial charge on any atom is 0.386 e. The highest BCUT2D eigenvalue weighted by Crippen LogP contribution is 2.59. The van der Waals surface area contributed by atoms with Crippen LogP contribution in [0.2, 0.25) is 0 Å². The number of hydrogen-bond donors (Lipinski definition) is 3. The maximum atomic E-state index is 11.8. The predicted molar refractivity (Wildman–Crippen MR) is 84.8 cm³/mol. The Hall–Kier alpha value is -0.750. The number of halogens is 1. The molecule has 0 saturated carbocycles. The molecule has 2 fully saturated rings. The number of ether oxygens (including phenoxy) is 1. The van der Waals surface area contributed by atoms with Gasteiger partial charge in [-0.1, -0.05) is 12.2 Å². The number of fused-ring (bicyclic) bond motifs is 2. The van der Waals surface area contributed by atoms with E-state index in [-0.39, 0.29) is 12.4 Å². The zero-order valence-electron chi connectivity index (χ0n) is 11.3. The van der Waals surface area contributed by atoms with Crippen LogP contribution in [0.3, 0.4) is 0 Å². The molecule has 13 heteroatoms. The van der Waals surface area contributed by atoms with Crippen molar-refractivity contribution in [2.45, 2.75) is 24.5 Å². The molecule has 0 aromatic carbocycles. The highest BCUT2D eigenvalue weighted by Gasteiger charge is 2.52. The first kappa shape index (κ1) is 15.8. The molecule has 0 bridgehead atoms. The summed E-state index contributed by atoms with van der Waals surface area (Å²) in [6.07, 6.45) is -2.12. The minimum Gasteiger partial charge on any atom is -0.386 e. The van der Waals surface area contributed by atoms with E-state index < -0.39 is 31.3 Å². The number of rotatable bonds is 1. The fraction of sp³-hybridized carbons (Fsp3) is 0.500. The predicted octanol–water partition coefficient (Wildman–Crippen LogP) is 0.883. The second-order valence-corrected chi connectivity index (χ2v) is 8.66. The molecule has 2 aliphatic heterocycles. The van der Waals surface area contributed by atoms with E-state index in [1.54, 1.807) is 0 Å². The van der Waals surface area contributed by atoms with Crippen molar-refractivity contribution < 1.29 is 23.5 Å². The van der Waals surface area contributed by atoms with Gasteiger partial charge in [-0.05, 0) is 15.9 Å². The zero-order valence-corrected chi connectivity index (χ0v) is 14.7. The van der Waals surface area contributed by atoms with Crippen LogP contribution in [0.25, 0.3) is 11.2 Å². The van der Waals surface area contributed by atoms with Gasteiger partial charge >= 0.3 is 6.80 Å². The molecule has 0 aliphatic carbocycles. The molecule has 4 heterocycles. The van der Waals surface area contributed by atoms with Gasteiger partial charge in [0.05, 0.1) is 6.61 Å². The summed E-state index contributed by atoms with van der Waals surface area (Å²) in [5, 5.41) is 10.5. The first-order chi connectivity index (χ1) is 10.9. The van der Waals surface area contributed by atoms with Gasteiger partial charge in [0.2, 0.25) is 0 Å². The number of nitrogens with two attached hydrogens (primary N) is 1. The van der Waals surface area contributed by atoms with Crippen molar-refractivity contribution in [2.24, 2.45) is 0 Å². The number of aromatic nitrogens is 4. The molecule has 2 aromatic rings. The summed E-state index contributed by atoms with van der Waals surface area (Å²) < 4.78 is 29.7. The van der Waals surface area contributed by atoms with Gasteiger partial charge in [-0.25, -0.2) is 19.5 Å². The number of thiol groups is 1. The molecular weight excluding hydrogens is 413 g/mol. The molecule has 124 valence electrons. The second kappa shape index (κ2) is 5.38. The number of anilines is 1. The first-order valence-electron chi connectivity index (χ1n) is 6.50. The minimum absolute atomic E-state index is 0.000373. The summed E-state index contributed by atoms with van der Waals surface area (Å²) in [7, 11) is 0. The number of imidazole rings is 1. The quantitative estimate of drug-likeness (QED) is 0.347. The fourth-order valence-corrected chi connectivity index (χ4v) is 4.71. The molecule has 2 unspecified atom stereocenters. The molecule has 2 saturated heterocycles. The number of nitrogens with zero attached hydrogens (tertiary/aromatic N) is 4. The molecule has 4 rings (SSSR count). The van der Waals surface area contributed by atoms with Crippen LogP contribution in [0, 0.1) is 0 Å². The van der Waals surface area contributed by atoms with Crippen LogP contribution in [-0.4, -0.2) is 49.5 Å². The van der Waals surface area contributed by atoms with Crippen LogP contribution < -0.4 is 5.73 Å². The van der Waals surface area contributed by atoms with Crippen molar-refractivity contribution in [1.29, 1.82) is 0 Å². The largest absolute Gasteiger partial charge is 0.386 e. The summed E-state index contributed by atoms with van der Waals surface area (Å²) in [4.78, 5) is 12.2. The van der Waals surface area contributed by atoms with E-state index in [9.17, 15) is 9.67 Å². The van der Waals surface area contributed by atoms with Gasteiger partial charge in [0.25, 0.3) is 0 Å². The first-order valence-corrected chi connectivity index (χ1v) is 9.99. The van der Waals surface area contributed by atoms with Crippen LogP contribution in [0.5, 0.6) is 0 Å². The number of aliphatic hydroxyl groups is 1. The molecule has 3 N–H and O–H groups in total. The Balaban J connectivity index is 1.76. The highest BCUT2D eigenvalue weighted by atomic mass is 79.9. The average molecular weight is 424 g/mol. The van der Waals surface area contributed by atoms with Crippen molar-refractivity contribution in [1.82, 2.24) is 19.5 Å². The third-order valence-electron chi connectivity index (χ3n) is 3.68. The van der Waals surface area contributed by atoms with Gasteiger partial charge in [0, 0.05) is 0 Å². The van der Waals surface area contributed by atoms with Crippen LogP contribution >= 0.6 is 35.0 Å². The Kier molecular flexibility index (Phi) is 3.69. The summed E-state index contributed by atoms with van der Waals surface area (Å²) in [5.41, 5.74) is 6.55. The third kappa shape index (κ3) is 2.49. The molecule has 0 radical (unpaired) electrons. The van der Waals surface area contributed by atoms with Crippen LogP contribution in [0.15, 0.2) is 11.1 Å². The van der Waals surface area contributed by atoms with Crippen molar-refractivity contribution in [3.63, 3.8) is 0 Å². The summed E-state index contributed by atoms with van der Waals surface area (Å²) >= 11 is 7.12. The van der Waals surface area contributed by atoms with E-state index in [1.807, 2.05) is 0 Å². The molecule has 10 nitrogen and oxygen atoms in total. The van der Waals surface area contributed by atoms with Crippen LogP contribution in [0.4, 0.5) is 5.82 Å². The van der Waals surface area contributed by atoms with E-state index >= 15 is 0 Å². The van der Waals surface area contributed by atoms with Gasteiger partial charge in [-0.2, -0.15) is 0 Å². The summed E-state index contributed by atoms with van der Waals surface area (Å²) in [6.45, 7) is -3.49. The van der Waals surface area contributed by atoms with Crippen molar-refractivity contribution >= 4 is 52.0 Å². The Bertz CT molecular complexity index is 835. The van der Waals surface area contributed by atoms with Crippen molar-refractivity contribution in [3.05, 3.63) is 11.1 Å². The molecule has 0 spiro atoms. The number of aliphatic hydroxyl groups excluding tert-OH is 1. The van der Waals surface area contributed by atoms with Gasteiger partial charge < -0.3 is 15.6 Å². The fourth-order valence-electron chi connectivity index (χ4n) is 2.67. The Morgan fingerprint density at radius 1 is 1.52 bits per heavy atom. The number of hydrogen-bond acceptors (Lipinski definition) is 9.